The molecular weight excluding hydrogens is 255 g/mol. The Bertz CT molecular complexity index is 631. The minimum Gasteiger partial charge on any atom is -0.478 e. The summed E-state index contributed by atoms with van der Waals surface area (Å²) in [5.74, 6) is -1.68. The van der Waals surface area contributed by atoms with Crippen LogP contribution in [0.2, 0.25) is 0 Å². The normalized spacial score (nSPS) is 10.3. The average Bonchev–Trinajstić information content (AvgIpc) is 2.69. The van der Waals surface area contributed by atoms with Gasteiger partial charge in [0.2, 0.25) is 0 Å². The lowest BCUT2D eigenvalue weighted by atomic mass is 10.00. The number of benzene rings is 1. The summed E-state index contributed by atoms with van der Waals surface area (Å²) in [6, 6.07) is 5.12. The second kappa shape index (κ2) is 4.70. The number of rotatable bonds is 3. The Hall–Kier alpha value is -2.01. The van der Waals surface area contributed by atoms with E-state index in [0.29, 0.717) is 16.7 Å². The molecular formula is C13H9FO3S. The zero-order chi connectivity index (χ0) is 13.3. The molecule has 0 unspecified atom stereocenters. The molecule has 3 nitrogen and oxygen atoms in total. The first-order chi connectivity index (χ1) is 8.52. The fourth-order valence-electron chi connectivity index (χ4n) is 1.76. The highest BCUT2D eigenvalue weighted by Gasteiger charge is 2.17. The molecule has 2 rings (SSSR count). The lowest BCUT2D eigenvalue weighted by Crippen LogP contribution is -2.00. The lowest BCUT2D eigenvalue weighted by Gasteiger charge is -2.05. The van der Waals surface area contributed by atoms with Gasteiger partial charge in [-0.1, -0.05) is 0 Å². The molecule has 1 N–H and O–H groups in total. The molecule has 0 bridgehead atoms. The molecule has 1 heterocycles. The van der Waals surface area contributed by atoms with Gasteiger partial charge in [0.15, 0.2) is 6.29 Å². The lowest BCUT2D eigenvalue weighted by molar-refractivity contribution is 0.0697. The molecule has 0 aliphatic heterocycles. The number of carbonyl (C=O) groups is 2. The van der Waals surface area contributed by atoms with Crippen LogP contribution in [-0.4, -0.2) is 17.4 Å². The molecule has 0 saturated heterocycles. The Kier molecular flexibility index (Phi) is 3.25. The molecule has 0 spiro atoms. The van der Waals surface area contributed by atoms with Crippen molar-refractivity contribution in [2.75, 3.05) is 0 Å². The largest absolute Gasteiger partial charge is 0.478 e. The van der Waals surface area contributed by atoms with Crippen molar-refractivity contribution in [3.8, 4) is 11.1 Å². The molecule has 18 heavy (non-hydrogen) atoms. The number of carboxylic acids is 1. The van der Waals surface area contributed by atoms with E-state index in [9.17, 15) is 14.0 Å². The molecule has 0 atom stereocenters. The third-order valence-electron chi connectivity index (χ3n) is 2.49. The first kappa shape index (κ1) is 12.4. The first-order valence-corrected chi connectivity index (χ1v) is 5.93. The summed E-state index contributed by atoms with van der Waals surface area (Å²) in [5.41, 5.74) is 0.677. The van der Waals surface area contributed by atoms with Crippen molar-refractivity contribution in [3.05, 3.63) is 45.4 Å². The van der Waals surface area contributed by atoms with Gasteiger partial charge >= 0.3 is 5.97 Å². The Morgan fingerprint density at radius 1 is 1.33 bits per heavy atom. The summed E-state index contributed by atoms with van der Waals surface area (Å²) in [6.07, 6.45) is 0.656. The van der Waals surface area contributed by atoms with E-state index < -0.39 is 11.8 Å². The van der Waals surface area contributed by atoms with Gasteiger partial charge < -0.3 is 5.11 Å². The van der Waals surface area contributed by atoms with Gasteiger partial charge in [-0.15, -0.1) is 11.3 Å². The molecule has 0 fully saturated rings. The summed E-state index contributed by atoms with van der Waals surface area (Å²) in [7, 11) is 0. The van der Waals surface area contributed by atoms with Crippen LogP contribution in [0, 0.1) is 12.7 Å². The average molecular weight is 264 g/mol. The van der Waals surface area contributed by atoms with Gasteiger partial charge in [0.05, 0.1) is 10.4 Å². The topological polar surface area (TPSA) is 54.4 Å². The smallest absolute Gasteiger partial charge is 0.336 e. The van der Waals surface area contributed by atoms with E-state index in [2.05, 4.69) is 0 Å². The van der Waals surface area contributed by atoms with Gasteiger partial charge in [-0.05, 0) is 31.2 Å². The predicted octanol–water partition coefficient (Wildman–Crippen LogP) is 3.37. The van der Waals surface area contributed by atoms with E-state index in [0.717, 1.165) is 17.0 Å². The van der Waals surface area contributed by atoms with Crippen molar-refractivity contribution >= 4 is 23.6 Å². The maximum atomic E-state index is 13.3. The third-order valence-corrected chi connectivity index (χ3v) is 3.47. The Labute approximate surface area is 107 Å². The zero-order valence-electron chi connectivity index (χ0n) is 9.44. The van der Waals surface area contributed by atoms with Gasteiger partial charge in [0.25, 0.3) is 0 Å². The molecule has 2 aromatic rings. The van der Waals surface area contributed by atoms with E-state index in [1.807, 2.05) is 0 Å². The summed E-state index contributed by atoms with van der Waals surface area (Å²) in [6.45, 7) is 1.81. The van der Waals surface area contributed by atoms with Crippen molar-refractivity contribution in [2.45, 2.75) is 6.92 Å². The summed E-state index contributed by atoms with van der Waals surface area (Å²) in [4.78, 5) is 23.3. The SMILES string of the molecule is Cc1cc(-c2cc(F)ccc2C(=O)O)c(C=O)s1. The van der Waals surface area contributed by atoms with E-state index in [1.165, 1.54) is 17.4 Å². The van der Waals surface area contributed by atoms with Crippen LogP contribution in [0.25, 0.3) is 11.1 Å². The number of hydrogen-bond donors (Lipinski definition) is 1. The van der Waals surface area contributed by atoms with Crippen LogP contribution in [0.15, 0.2) is 24.3 Å². The van der Waals surface area contributed by atoms with Crippen molar-refractivity contribution in [1.82, 2.24) is 0 Å². The summed E-state index contributed by atoms with van der Waals surface area (Å²) < 4.78 is 13.3. The van der Waals surface area contributed by atoms with Crippen LogP contribution in [0.1, 0.15) is 24.9 Å². The molecule has 92 valence electrons. The molecule has 0 saturated carbocycles. The molecule has 1 aromatic heterocycles. The quantitative estimate of drug-likeness (QED) is 0.865. The molecule has 0 aliphatic rings. The van der Waals surface area contributed by atoms with Gasteiger partial charge in [-0.3, -0.25) is 4.79 Å². The van der Waals surface area contributed by atoms with Crippen LogP contribution < -0.4 is 0 Å². The van der Waals surface area contributed by atoms with Gasteiger partial charge in [-0.25, -0.2) is 9.18 Å². The van der Waals surface area contributed by atoms with Gasteiger partial charge in [-0.2, -0.15) is 0 Å². The number of carbonyl (C=O) groups excluding carboxylic acids is 1. The van der Waals surface area contributed by atoms with E-state index in [4.69, 9.17) is 5.11 Å². The summed E-state index contributed by atoms with van der Waals surface area (Å²) in [5, 5.41) is 9.08. The van der Waals surface area contributed by atoms with E-state index >= 15 is 0 Å². The monoisotopic (exact) mass is 264 g/mol. The van der Waals surface area contributed by atoms with Crippen molar-refractivity contribution < 1.29 is 19.1 Å². The van der Waals surface area contributed by atoms with Crippen molar-refractivity contribution in [1.29, 1.82) is 0 Å². The highest BCUT2D eigenvalue weighted by Crippen LogP contribution is 2.32. The van der Waals surface area contributed by atoms with Crippen LogP contribution in [0.3, 0.4) is 0 Å². The standard InChI is InChI=1S/C13H9FO3S/c1-7-4-11(12(6-15)18-7)10-5-8(14)2-3-9(10)13(16)17/h2-6H,1H3,(H,16,17). The number of halogens is 1. The zero-order valence-corrected chi connectivity index (χ0v) is 10.3. The van der Waals surface area contributed by atoms with Crippen LogP contribution in [0.5, 0.6) is 0 Å². The van der Waals surface area contributed by atoms with Gasteiger partial charge in [0.1, 0.15) is 5.82 Å². The number of carboxylic acid groups (broad SMARTS) is 1. The maximum absolute atomic E-state index is 13.3. The Balaban J connectivity index is 2.72. The number of thiophene rings is 1. The first-order valence-electron chi connectivity index (χ1n) is 5.11. The molecule has 0 aliphatic carbocycles. The summed E-state index contributed by atoms with van der Waals surface area (Å²) >= 11 is 1.25. The molecule has 0 radical (unpaired) electrons. The third kappa shape index (κ3) is 2.17. The second-order valence-corrected chi connectivity index (χ2v) is 5.04. The van der Waals surface area contributed by atoms with Gasteiger partial charge in [0, 0.05) is 16.0 Å². The highest BCUT2D eigenvalue weighted by molar-refractivity contribution is 7.14. The fraction of sp³-hybridized carbons (Fsp3) is 0.0769. The van der Waals surface area contributed by atoms with Crippen molar-refractivity contribution in [2.24, 2.45) is 0 Å². The van der Waals surface area contributed by atoms with E-state index in [-0.39, 0.29) is 11.1 Å². The minimum atomic E-state index is -1.15. The van der Waals surface area contributed by atoms with Crippen LogP contribution in [-0.2, 0) is 0 Å². The number of aryl methyl sites for hydroxylation is 1. The van der Waals surface area contributed by atoms with Crippen LogP contribution in [0.4, 0.5) is 4.39 Å². The number of hydrogen-bond acceptors (Lipinski definition) is 3. The van der Waals surface area contributed by atoms with Crippen molar-refractivity contribution in [3.63, 3.8) is 0 Å². The Morgan fingerprint density at radius 3 is 2.67 bits per heavy atom. The molecule has 0 amide bonds. The molecule has 1 aromatic carbocycles. The Morgan fingerprint density at radius 2 is 2.06 bits per heavy atom. The highest BCUT2D eigenvalue weighted by atomic mass is 32.1. The fourth-order valence-corrected chi connectivity index (χ4v) is 2.61. The maximum Gasteiger partial charge on any atom is 0.336 e. The van der Waals surface area contributed by atoms with Crippen LogP contribution >= 0.6 is 11.3 Å². The number of aromatic carboxylic acids is 1. The molecule has 5 heteroatoms. The number of aldehydes is 1. The van der Waals surface area contributed by atoms with E-state index in [1.54, 1.807) is 13.0 Å². The predicted molar refractivity (Wildman–Crippen MR) is 66.8 cm³/mol. The second-order valence-electron chi connectivity index (χ2n) is 3.75. The minimum absolute atomic E-state index is 0.0164.